The topological polar surface area (TPSA) is 69.2 Å². The highest BCUT2D eigenvalue weighted by Crippen LogP contribution is 2.12. The molecule has 2 N–H and O–H groups in total. The lowest BCUT2D eigenvalue weighted by molar-refractivity contribution is 0.0767. The molecule has 0 aliphatic heterocycles. The fourth-order valence-corrected chi connectivity index (χ4v) is 1.54. The van der Waals surface area contributed by atoms with Gasteiger partial charge in [-0.15, -0.1) is 0 Å². The Morgan fingerprint density at radius 1 is 1.56 bits per heavy atom. The Labute approximate surface area is 92.7 Å². The van der Waals surface area contributed by atoms with Crippen LogP contribution in [0.1, 0.15) is 10.4 Å². The number of carbonyl (C=O) groups is 1. The number of aromatic nitrogens is 2. The number of fused-ring (bicyclic) bond motifs is 1. The minimum absolute atomic E-state index is 0.0332. The number of aliphatic hydroxyl groups is 1. The molecule has 0 atom stereocenters. The van der Waals surface area contributed by atoms with E-state index >= 15 is 0 Å². The molecule has 2 rings (SSSR count). The van der Waals surface area contributed by atoms with Gasteiger partial charge in [-0.25, -0.2) is 4.98 Å². The molecular weight excluding hydrogens is 206 g/mol. The van der Waals surface area contributed by atoms with E-state index in [1.54, 1.807) is 31.6 Å². The van der Waals surface area contributed by atoms with Crippen LogP contribution in [0.5, 0.6) is 0 Å². The van der Waals surface area contributed by atoms with Crippen LogP contribution in [0.2, 0.25) is 0 Å². The Kier molecular flexibility index (Phi) is 2.87. The number of aromatic amines is 1. The Morgan fingerprint density at radius 2 is 2.38 bits per heavy atom. The minimum atomic E-state index is -0.106. The molecule has 0 spiro atoms. The molecule has 0 fully saturated rings. The van der Waals surface area contributed by atoms with Crippen LogP contribution < -0.4 is 0 Å². The van der Waals surface area contributed by atoms with Gasteiger partial charge in [-0.3, -0.25) is 4.79 Å². The molecular formula is C11H13N3O2. The highest BCUT2D eigenvalue weighted by Gasteiger charge is 2.11. The quantitative estimate of drug-likeness (QED) is 0.795. The largest absolute Gasteiger partial charge is 0.395 e. The van der Waals surface area contributed by atoms with Gasteiger partial charge in [0.05, 0.1) is 24.0 Å². The number of nitrogens with one attached hydrogen (secondary N) is 1. The van der Waals surface area contributed by atoms with Gasteiger partial charge >= 0.3 is 0 Å². The molecule has 0 unspecified atom stereocenters. The predicted molar refractivity (Wildman–Crippen MR) is 60.1 cm³/mol. The third kappa shape index (κ3) is 1.90. The summed E-state index contributed by atoms with van der Waals surface area (Å²) in [7, 11) is 1.66. The van der Waals surface area contributed by atoms with Gasteiger partial charge in [0.25, 0.3) is 5.91 Å². The summed E-state index contributed by atoms with van der Waals surface area (Å²) in [6, 6.07) is 5.30. The number of benzene rings is 1. The fourth-order valence-electron chi connectivity index (χ4n) is 1.54. The number of H-pyrrole nitrogens is 1. The van der Waals surface area contributed by atoms with Crippen molar-refractivity contribution in [2.24, 2.45) is 0 Å². The Bertz CT molecular complexity index is 507. The smallest absolute Gasteiger partial charge is 0.253 e. The second-order valence-corrected chi connectivity index (χ2v) is 3.58. The number of likely N-dealkylation sites (N-methyl/N-ethyl adjacent to an activating group) is 1. The summed E-state index contributed by atoms with van der Waals surface area (Å²) in [6.07, 6.45) is 1.59. The molecule has 5 nitrogen and oxygen atoms in total. The first kappa shape index (κ1) is 10.6. The van der Waals surface area contributed by atoms with Crippen LogP contribution in [0.3, 0.4) is 0 Å². The van der Waals surface area contributed by atoms with Crippen LogP contribution in [-0.4, -0.2) is 46.1 Å². The maximum atomic E-state index is 11.9. The van der Waals surface area contributed by atoms with E-state index in [0.29, 0.717) is 12.1 Å². The molecule has 0 bridgehead atoms. The molecule has 5 heteroatoms. The van der Waals surface area contributed by atoms with Crippen molar-refractivity contribution in [3.8, 4) is 0 Å². The van der Waals surface area contributed by atoms with E-state index in [4.69, 9.17) is 5.11 Å². The molecule has 1 heterocycles. The van der Waals surface area contributed by atoms with Crippen molar-refractivity contribution in [3.05, 3.63) is 30.1 Å². The number of carbonyl (C=O) groups excluding carboxylic acids is 1. The van der Waals surface area contributed by atoms with E-state index < -0.39 is 0 Å². The van der Waals surface area contributed by atoms with Crippen LogP contribution >= 0.6 is 0 Å². The normalized spacial score (nSPS) is 10.6. The lowest BCUT2D eigenvalue weighted by atomic mass is 10.2. The average Bonchev–Trinajstić information content (AvgIpc) is 2.75. The Balaban J connectivity index is 2.28. The molecule has 0 saturated carbocycles. The molecule has 0 aliphatic rings. The summed E-state index contributed by atoms with van der Waals surface area (Å²) < 4.78 is 0. The van der Waals surface area contributed by atoms with Crippen LogP contribution in [-0.2, 0) is 0 Å². The predicted octanol–water partition coefficient (Wildman–Crippen LogP) is 0.627. The highest BCUT2D eigenvalue weighted by atomic mass is 16.3. The lowest BCUT2D eigenvalue weighted by Crippen LogP contribution is -2.29. The SMILES string of the molecule is CN(CCO)C(=O)c1ccc2nc[nH]c2c1. The van der Waals surface area contributed by atoms with E-state index in [9.17, 15) is 4.79 Å². The van der Waals surface area contributed by atoms with Gasteiger partial charge in [-0.1, -0.05) is 0 Å². The number of hydrogen-bond acceptors (Lipinski definition) is 3. The zero-order valence-electron chi connectivity index (χ0n) is 8.97. The van der Waals surface area contributed by atoms with Crippen LogP contribution in [0.4, 0.5) is 0 Å². The Morgan fingerprint density at radius 3 is 3.12 bits per heavy atom. The Hall–Kier alpha value is -1.88. The van der Waals surface area contributed by atoms with Gasteiger partial charge in [0, 0.05) is 19.2 Å². The van der Waals surface area contributed by atoms with Crippen LogP contribution in [0, 0.1) is 0 Å². The number of hydrogen-bond donors (Lipinski definition) is 2. The second-order valence-electron chi connectivity index (χ2n) is 3.58. The van der Waals surface area contributed by atoms with Gasteiger partial charge in [-0.05, 0) is 18.2 Å². The summed E-state index contributed by atoms with van der Waals surface area (Å²) in [5, 5.41) is 8.76. The van der Waals surface area contributed by atoms with E-state index in [-0.39, 0.29) is 12.5 Å². The number of nitrogens with zero attached hydrogens (tertiary/aromatic N) is 2. The van der Waals surface area contributed by atoms with Crippen molar-refractivity contribution in [1.82, 2.24) is 14.9 Å². The zero-order valence-corrected chi connectivity index (χ0v) is 8.97. The van der Waals surface area contributed by atoms with Crippen molar-refractivity contribution in [2.45, 2.75) is 0 Å². The average molecular weight is 219 g/mol. The maximum Gasteiger partial charge on any atom is 0.253 e. The van der Waals surface area contributed by atoms with Gasteiger partial charge < -0.3 is 15.0 Å². The highest BCUT2D eigenvalue weighted by molar-refractivity contribution is 5.97. The molecule has 0 aliphatic carbocycles. The third-order valence-electron chi connectivity index (χ3n) is 2.45. The summed E-state index contributed by atoms with van der Waals surface area (Å²) in [5.74, 6) is -0.106. The first-order chi connectivity index (χ1) is 7.72. The van der Waals surface area contributed by atoms with E-state index in [2.05, 4.69) is 9.97 Å². The molecule has 1 aromatic heterocycles. The van der Waals surface area contributed by atoms with E-state index in [1.165, 1.54) is 4.90 Å². The molecule has 84 valence electrons. The summed E-state index contributed by atoms with van der Waals surface area (Å²) in [6.45, 7) is 0.300. The van der Waals surface area contributed by atoms with Crippen molar-refractivity contribution >= 4 is 16.9 Å². The van der Waals surface area contributed by atoms with Crippen molar-refractivity contribution in [3.63, 3.8) is 0 Å². The summed E-state index contributed by atoms with van der Waals surface area (Å²) in [5.41, 5.74) is 2.26. The number of rotatable bonds is 3. The zero-order chi connectivity index (χ0) is 11.5. The molecule has 16 heavy (non-hydrogen) atoms. The molecule has 0 radical (unpaired) electrons. The molecule has 1 aromatic carbocycles. The molecule has 1 amide bonds. The second kappa shape index (κ2) is 4.32. The minimum Gasteiger partial charge on any atom is -0.395 e. The fraction of sp³-hybridized carbons (Fsp3) is 0.273. The lowest BCUT2D eigenvalue weighted by Gasteiger charge is -2.15. The van der Waals surface area contributed by atoms with Crippen molar-refractivity contribution in [2.75, 3.05) is 20.2 Å². The van der Waals surface area contributed by atoms with Gasteiger partial charge in [0.2, 0.25) is 0 Å². The number of aliphatic hydroxyl groups excluding tert-OH is 1. The number of amides is 1. The van der Waals surface area contributed by atoms with E-state index in [1.807, 2.05) is 0 Å². The maximum absolute atomic E-state index is 11.9. The monoisotopic (exact) mass is 219 g/mol. The van der Waals surface area contributed by atoms with Gasteiger partial charge in [-0.2, -0.15) is 0 Å². The molecule has 0 saturated heterocycles. The van der Waals surface area contributed by atoms with Crippen molar-refractivity contribution in [1.29, 1.82) is 0 Å². The van der Waals surface area contributed by atoms with E-state index in [0.717, 1.165) is 11.0 Å². The molecule has 2 aromatic rings. The van der Waals surface area contributed by atoms with Gasteiger partial charge in [0.1, 0.15) is 0 Å². The third-order valence-corrected chi connectivity index (χ3v) is 2.45. The first-order valence-electron chi connectivity index (χ1n) is 5.02. The first-order valence-corrected chi connectivity index (χ1v) is 5.02. The standard InChI is InChI=1S/C11H13N3O2/c1-14(4-5-15)11(16)8-2-3-9-10(6-8)13-7-12-9/h2-3,6-7,15H,4-5H2,1H3,(H,12,13). The van der Waals surface area contributed by atoms with Crippen LogP contribution in [0.25, 0.3) is 11.0 Å². The number of imidazole rings is 1. The summed E-state index contributed by atoms with van der Waals surface area (Å²) in [4.78, 5) is 20.4. The van der Waals surface area contributed by atoms with Gasteiger partial charge in [0.15, 0.2) is 0 Å². The van der Waals surface area contributed by atoms with Crippen molar-refractivity contribution < 1.29 is 9.90 Å². The summed E-state index contributed by atoms with van der Waals surface area (Å²) >= 11 is 0. The van der Waals surface area contributed by atoms with Crippen LogP contribution in [0.15, 0.2) is 24.5 Å².